The van der Waals surface area contributed by atoms with Crippen LogP contribution in [0.1, 0.15) is 46.5 Å². The largest absolute Gasteiger partial charge is 0.314 e. The number of rotatable bonds is 5. The summed E-state index contributed by atoms with van der Waals surface area (Å²) in [7, 11) is 2.35. The topological polar surface area (TPSA) is 15.3 Å². The fourth-order valence-corrected chi connectivity index (χ4v) is 5.15. The molecular weight excluding hydrogens is 252 g/mol. The van der Waals surface area contributed by atoms with Gasteiger partial charge in [0.25, 0.3) is 0 Å². The second-order valence-corrected chi connectivity index (χ2v) is 8.44. The summed E-state index contributed by atoms with van der Waals surface area (Å²) in [6.45, 7) is 9.55. The van der Waals surface area contributed by atoms with Crippen LogP contribution >= 0.6 is 11.8 Å². The van der Waals surface area contributed by atoms with E-state index in [1.54, 1.807) is 0 Å². The fraction of sp³-hybridized carbons (Fsp3) is 1.00. The fourth-order valence-electron chi connectivity index (χ4n) is 3.85. The van der Waals surface area contributed by atoms with E-state index in [-0.39, 0.29) is 0 Å². The Morgan fingerprint density at radius 1 is 1.32 bits per heavy atom. The Balaban J connectivity index is 1.92. The first-order valence-electron chi connectivity index (χ1n) is 8.03. The first kappa shape index (κ1) is 15.7. The lowest BCUT2D eigenvalue weighted by molar-refractivity contribution is 0.0983. The molecule has 2 rings (SSSR count). The Bertz CT molecular complexity index is 274. The van der Waals surface area contributed by atoms with Crippen LogP contribution in [-0.4, -0.2) is 48.6 Å². The highest BCUT2D eigenvalue weighted by Gasteiger charge is 2.35. The molecule has 2 fully saturated rings. The van der Waals surface area contributed by atoms with Crippen LogP contribution in [0, 0.1) is 11.3 Å². The molecule has 1 N–H and O–H groups in total. The number of nitrogens with zero attached hydrogens (tertiary/aromatic N) is 1. The van der Waals surface area contributed by atoms with Crippen molar-refractivity contribution in [2.75, 3.05) is 31.6 Å². The zero-order valence-electron chi connectivity index (χ0n) is 13.2. The molecule has 3 atom stereocenters. The third-order valence-electron chi connectivity index (χ3n) is 5.03. The van der Waals surface area contributed by atoms with E-state index < -0.39 is 0 Å². The molecule has 1 saturated carbocycles. The molecule has 3 heteroatoms. The number of hydrogen-bond acceptors (Lipinski definition) is 3. The summed E-state index contributed by atoms with van der Waals surface area (Å²) in [6.07, 6.45) is 5.51. The lowest BCUT2D eigenvalue weighted by atomic mass is 9.69. The van der Waals surface area contributed by atoms with E-state index in [4.69, 9.17) is 0 Å². The van der Waals surface area contributed by atoms with Crippen molar-refractivity contribution in [3.8, 4) is 0 Å². The highest BCUT2D eigenvalue weighted by atomic mass is 32.2. The zero-order chi connectivity index (χ0) is 13.9. The van der Waals surface area contributed by atoms with E-state index in [1.807, 2.05) is 0 Å². The first-order chi connectivity index (χ1) is 9.02. The predicted molar refractivity (Wildman–Crippen MR) is 86.9 cm³/mol. The summed E-state index contributed by atoms with van der Waals surface area (Å²) in [6, 6.07) is 1.58. The highest BCUT2D eigenvalue weighted by molar-refractivity contribution is 7.99. The molecule has 0 amide bonds. The molecule has 0 radical (unpaired) electrons. The summed E-state index contributed by atoms with van der Waals surface area (Å²) in [4.78, 5) is 2.65. The van der Waals surface area contributed by atoms with Crippen molar-refractivity contribution in [2.24, 2.45) is 11.3 Å². The van der Waals surface area contributed by atoms with Gasteiger partial charge in [0.1, 0.15) is 0 Å². The van der Waals surface area contributed by atoms with Gasteiger partial charge in [-0.05, 0) is 56.4 Å². The molecule has 0 aromatic carbocycles. The predicted octanol–water partition coefficient (Wildman–Crippen LogP) is 3.23. The zero-order valence-corrected chi connectivity index (χ0v) is 14.1. The first-order valence-corrected chi connectivity index (χ1v) is 9.18. The van der Waals surface area contributed by atoms with Crippen LogP contribution in [0.4, 0.5) is 0 Å². The van der Waals surface area contributed by atoms with Crippen molar-refractivity contribution < 1.29 is 0 Å². The highest BCUT2D eigenvalue weighted by Crippen LogP contribution is 2.39. The minimum absolute atomic E-state index is 0.544. The van der Waals surface area contributed by atoms with Crippen molar-refractivity contribution in [1.82, 2.24) is 10.2 Å². The number of hydrogen-bond donors (Lipinski definition) is 1. The van der Waals surface area contributed by atoms with Crippen LogP contribution in [0.5, 0.6) is 0 Å². The van der Waals surface area contributed by atoms with Gasteiger partial charge >= 0.3 is 0 Å². The smallest absolute Gasteiger partial charge is 0.0191 e. The summed E-state index contributed by atoms with van der Waals surface area (Å²) in [5.74, 6) is 3.54. The molecule has 1 heterocycles. The lowest BCUT2D eigenvalue weighted by Crippen LogP contribution is -2.48. The Morgan fingerprint density at radius 2 is 2.11 bits per heavy atom. The van der Waals surface area contributed by atoms with E-state index in [1.165, 1.54) is 43.7 Å². The summed E-state index contributed by atoms with van der Waals surface area (Å²) in [5, 5.41) is 3.74. The maximum atomic E-state index is 3.74. The Kier molecular flexibility index (Phi) is 5.62. The molecule has 112 valence electrons. The molecule has 2 aliphatic rings. The SMILES string of the molecule is CCNC1CCC(C)(C)CC1CN(C)C1CCSC1. The Morgan fingerprint density at radius 3 is 2.74 bits per heavy atom. The van der Waals surface area contributed by atoms with E-state index >= 15 is 0 Å². The maximum Gasteiger partial charge on any atom is 0.0191 e. The van der Waals surface area contributed by atoms with E-state index in [9.17, 15) is 0 Å². The molecule has 1 aliphatic carbocycles. The number of nitrogens with one attached hydrogen (secondary N) is 1. The standard InChI is InChI=1S/C16H32N2S/c1-5-17-15-6-8-16(2,3)10-13(15)11-18(4)14-7-9-19-12-14/h13-15,17H,5-12H2,1-4H3. The third kappa shape index (κ3) is 4.37. The summed E-state index contributed by atoms with van der Waals surface area (Å²) < 4.78 is 0. The van der Waals surface area contributed by atoms with Crippen molar-refractivity contribution in [3.63, 3.8) is 0 Å². The summed E-state index contributed by atoms with van der Waals surface area (Å²) >= 11 is 2.13. The molecular formula is C16H32N2S. The summed E-state index contributed by atoms with van der Waals surface area (Å²) in [5.41, 5.74) is 0.544. The van der Waals surface area contributed by atoms with Crippen LogP contribution in [0.3, 0.4) is 0 Å². The van der Waals surface area contributed by atoms with E-state index in [2.05, 4.69) is 49.8 Å². The molecule has 19 heavy (non-hydrogen) atoms. The minimum atomic E-state index is 0.544. The van der Waals surface area contributed by atoms with Gasteiger partial charge in [-0.3, -0.25) is 0 Å². The molecule has 0 aromatic heterocycles. The minimum Gasteiger partial charge on any atom is -0.314 e. The van der Waals surface area contributed by atoms with Crippen molar-refractivity contribution in [1.29, 1.82) is 0 Å². The van der Waals surface area contributed by atoms with Crippen molar-refractivity contribution in [3.05, 3.63) is 0 Å². The maximum absolute atomic E-state index is 3.74. The van der Waals surface area contributed by atoms with Gasteiger partial charge in [0.2, 0.25) is 0 Å². The second-order valence-electron chi connectivity index (χ2n) is 7.29. The van der Waals surface area contributed by atoms with Crippen LogP contribution in [0.25, 0.3) is 0 Å². The second kappa shape index (κ2) is 6.82. The van der Waals surface area contributed by atoms with Gasteiger partial charge in [-0.25, -0.2) is 0 Å². The molecule has 2 nitrogen and oxygen atoms in total. The van der Waals surface area contributed by atoms with E-state index in [0.29, 0.717) is 5.41 Å². The van der Waals surface area contributed by atoms with E-state index in [0.717, 1.165) is 24.5 Å². The Hall–Kier alpha value is 0.270. The van der Waals surface area contributed by atoms with Gasteiger partial charge < -0.3 is 10.2 Å². The molecule has 1 aliphatic heterocycles. The van der Waals surface area contributed by atoms with Gasteiger partial charge in [-0.15, -0.1) is 0 Å². The van der Waals surface area contributed by atoms with Gasteiger partial charge in [0.05, 0.1) is 0 Å². The quantitative estimate of drug-likeness (QED) is 0.834. The van der Waals surface area contributed by atoms with Crippen LogP contribution in [0.2, 0.25) is 0 Å². The lowest BCUT2D eigenvalue weighted by Gasteiger charge is -2.43. The van der Waals surface area contributed by atoms with Crippen molar-refractivity contribution in [2.45, 2.75) is 58.5 Å². The average Bonchev–Trinajstić information content (AvgIpc) is 2.86. The van der Waals surface area contributed by atoms with Gasteiger partial charge in [0, 0.05) is 24.4 Å². The molecule has 1 saturated heterocycles. The van der Waals surface area contributed by atoms with Crippen LogP contribution in [0.15, 0.2) is 0 Å². The molecule has 3 unspecified atom stereocenters. The van der Waals surface area contributed by atoms with Crippen LogP contribution < -0.4 is 5.32 Å². The monoisotopic (exact) mass is 284 g/mol. The molecule has 0 bridgehead atoms. The Labute approximate surface area is 124 Å². The van der Waals surface area contributed by atoms with Gasteiger partial charge in [-0.1, -0.05) is 20.8 Å². The van der Waals surface area contributed by atoms with Gasteiger partial charge in [-0.2, -0.15) is 11.8 Å². The van der Waals surface area contributed by atoms with Crippen molar-refractivity contribution >= 4 is 11.8 Å². The molecule has 0 spiro atoms. The number of thioether (sulfide) groups is 1. The normalized spacial score (nSPS) is 34.9. The molecule has 0 aromatic rings. The third-order valence-corrected chi connectivity index (χ3v) is 6.18. The van der Waals surface area contributed by atoms with Gasteiger partial charge in [0.15, 0.2) is 0 Å². The average molecular weight is 285 g/mol. The van der Waals surface area contributed by atoms with Crippen LogP contribution in [-0.2, 0) is 0 Å².